The van der Waals surface area contributed by atoms with Gasteiger partial charge in [-0.15, -0.1) is 0 Å². The molecule has 132 valence electrons. The average Bonchev–Trinajstić information content (AvgIpc) is 2.52. The molecule has 1 aliphatic heterocycles. The molecule has 0 bridgehead atoms. The van der Waals surface area contributed by atoms with Gasteiger partial charge in [-0.2, -0.15) is 0 Å². The van der Waals surface area contributed by atoms with Crippen molar-refractivity contribution in [3.8, 4) is 0 Å². The zero-order chi connectivity index (χ0) is 17.7. The van der Waals surface area contributed by atoms with Crippen LogP contribution in [0.2, 0.25) is 0 Å². The number of hydrogen-bond acceptors (Lipinski definition) is 7. The number of morpholine rings is 1. The number of nitrogens with one attached hydrogen (secondary N) is 1. The second kappa shape index (κ2) is 7.43. The third-order valence-electron chi connectivity index (χ3n) is 3.19. The maximum absolute atomic E-state index is 11.7. The first-order valence-electron chi connectivity index (χ1n) is 7.63. The second-order valence-electron chi connectivity index (χ2n) is 6.39. The Morgan fingerprint density at radius 3 is 2.75 bits per heavy atom. The number of alkyl carbamates (subject to hydrolysis) is 1. The summed E-state index contributed by atoms with van der Waals surface area (Å²) in [6, 6.07) is 0. The highest BCUT2D eigenvalue weighted by atomic mass is 16.6. The SMILES string of the molecule is CC(C)(C)OC(=O)NCC1CN(c2cnc(C(=O)O)cn2)CCO1. The standard InChI is InChI=1S/C15H22N4O5/c1-15(2,3)24-14(22)18-6-10-9-19(4-5-23-10)12-8-16-11(7-17-12)13(20)21/h7-8,10H,4-6,9H2,1-3H3,(H,18,22)(H,20,21). The van der Waals surface area contributed by atoms with Gasteiger partial charge in [0, 0.05) is 19.6 Å². The normalized spacial score (nSPS) is 18.1. The molecule has 0 aliphatic carbocycles. The topological polar surface area (TPSA) is 114 Å². The van der Waals surface area contributed by atoms with Gasteiger partial charge in [0.05, 0.1) is 25.1 Å². The van der Waals surface area contributed by atoms with E-state index in [1.54, 1.807) is 20.8 Å². The van der Waals surface area contributed by atoms with Crippen molar-refractivity contribution in [3.63, 3.8) is 0 Å². The summed E-state index contributed by atoms with van der Waals surface area (Å²) in [7, 11) is 0. The quantitative estimate of drug-likeness (QED) is 0.832. The molecule has 1 fully saturated rings. The van der Waals surface area contributed by atoms with Crippen LogP contribution in [0.4, 0.5) is 10.6 Å². The van der Waals surface area contributed by atoms with E-state index in [0.717, 1.165) is 0 Å². The molecule has 0 saturated carbocycles. The minimum atomic E-state index is -1.12. The maximum atomic E-state index is 11.7. The van der Waals surface area contributed by atoms with Gasteiger partial charge in [0.25, 0.3) is 0 Å². The molecule has 1 atom stereocenters. The molecule has 9 nitrogen and oxygen atoms in total. The van der Waals surface area contributed by atoms with Crippen molar-refractivity contribution in [1.82, 2.24) is 15.3 Å². The van der Waals surface area contributed by atoms with Crippen LogP contribution < -0.4 is 10.2 Å². The third kappa shape index (κ3) is 5.34. The largest absolute Gasteiger partial charge is 0.476 e. The first-order valence-corrected chi connectivity index (χ1v) is 7.63. The van der Waals surface area contributed by atoms with Crippen LogP contribution in [0, 0.1) is 0 Å². The number of carboxylic acid groups (broad SMARTS) is 1. The molecule has 1 aliphatic rings. The number of anilines is 1. The van der Waals surface area contributed by atoms with E-state index in [4.69, 9.17) is 14.6 Å². The van der Waals surface area contributed by atoms with Crippen LogP contribution in [-0.4, -0.2) is 65.1 Å². The van der Waals surface area contributed by atoms with Crippen molar-refractivity contribution in [2.45, 2.75) is 32.5 Å². The summed E-state index contributed by atoms with van der Waals surface area (Å²) in [6.45, 7) is 7.30. The predicted octanol–water partition coefficient (Wildman–Crippen LogP) is 0.905. The summed E-state index contributed by atoms with van der Waals surface area (Å²) in [5.41, 5.74) is -0.652. The third-order valence-corrected chi connectivity index (χ3v) is 3.19. The molecule has 2 rings (SSSR count). The van der Waals surface area contributed by atoms with Crippen LogP contribution in [0.1, 0.15) is 31.3 Å². The van der Waals surface area contributed by atoms with Gasteiger partial charge in [-0.3, -0.25) is 0 Å². The van der Waals surface area contributed by atoms with Gasteiger partial charge in [0.1, 0.15) is 11.4 Å². The molecule has 1 unspecified atom stereocenters. The second-order valence-corrected chi connectivity index (χ2v) is 6.39. The summed E-state index contributed by atoms with van der Waals surface area (Å²) >= 11 is 0. The molecule has 2 N–H and O–H groups in total. The van der Waals surface area contributed by atoms with Gasteiger partial charge in [-0.1, -0.05) is 0 Å². The van der Waals surface area contributed by atoms with E-state index < -0.39 is 17.7 Å². The molecule has 1 amide bonds. The van der Waals surface area contributed by atoms with Gasteiger partial charge in [-0.05, 0) is 20.8 Å². The Hall–Kier alpha value is -2.42. The van der Waals surface area contributed by atoms with E-state index >= 15 is 0 Å². The fourth-order valence-corrected chi connectivity index (χ4v) is 2.16. The zero-order valence-corrected chi connectivity index (χ0v) is 14.0. The lowest BCUT2D eigenvalue weighted by Crippen LogP contribution is -2.48. The highest BCUT2D eigenvalue weighted by Gasteiger charge is 2.23. The lowest BCUT2D eigenvalue weighted by molar-refractivity contribution is 0.0281. The number of hydrogen-bond donors (Lipinski definition) is 2. The van der Waals surface area contributed by atoms with Gasteiger partial charge < -0.3 is 24.8 Å². The van der Waals surface area contributed by atoms with Gasteiger partial charge >= 0.3 is 12.1 Å². The number of carbonyl (C=O) groups excluding carboxylic acids is 1. The average molecular weight is 338 g/mol. The van der Waals surface area contributed by atoms with Crippen LogP contribution in [-0.2, 0) is 9.47 Å². The molecule has 9 heteroatoms. The Labute approximate surface area is 140 Å². The highest BCUT2D eigenvalue weighted by Crippen LogP contribution is 2.14. The van der Waals surface area contributed by atoms with E-state index in [1.165, 1.54) is 12.4 Å². The lowest BCUT2D eigenvalue weighted by Gasteiger charge is -2.33. The Kier molecular flexibility index (Phi) is 5.55. The molecular formula is C15H22N4O5. The summed E-state index contributed by atoms with van der Waals surface area (Å²) in [5.74, 6) is -0.541. The van der Waals surface area contributed by atoms with Crippen molar-refractivity contribution in [2.75, 3.05) is 31.1 Å². The number of carboxylic acids is 1. The van der Waals surface area contributed by atoms with Gasteiger partial charge in [0.2, 0.25) is 0 Å². The molecule has 1 saturated heterocycles. The summed E-state index contributed by atoms with van der Waals surface area (Å²) in [6.07, 6.45) is 1.94. The van der Waals surface area contributed by atoms with Crippen LogP contribution >= 0.6 is 0 Å². The number of ether oxygens (including phenoxy) is 2. The molecule has 0 radical (unpaired) electrons. The number of aromatic nitrogens is 2. The smallest absolute Gasteiger partial charge is 0.407 e. The molecule has 1 aromatic heterocycles. The van der Waals surface area contributed by atoms with Crippen LogP contribution in [0.5, 0.6) is 0 Å². The van der Waals surface area contributed by atoms with Crippen molar-refractivity contribution in [3.05, 3.63) is 18.1 Å². The monoisotopic (exact) mass is 338 g/mol. The summed E-state index contributed by atoms with van der Waals surface area (Å²) in [5, 5.41) is 11.5. The first-order chi connectivity index (χ1) is 11.2. The van der Waals surface area contributed by atoms with Crippen LogP contribution in [0.3, 0.4) is 0 Å². The van der Waals surface area contributed by atoms with Crippen molar-refractivity contribution in [1.29, 1.82) is 0 Å². The van der Waals surface area contributed by atoms with E-state index in [1.807, 2.05) is 4.90 Å². The van der Waals surface area contributed by atoms with E-state index in [9.17, 15) is 9.59 Å². The number of aromatic carboxylic acids is 1. The van der Waals surface area contributed by atoms with E-state index in [-0.39, 0.29) is 11.8 Å². The first kappa shape index (κ1) is 17.9. The Morgan fingerprint density at radius 2 is 2.17 bits per heavy atom. The van der Waals surface area contributed by atoms with Crippen molar-refractivity contribution < 1.29 is 24.2 Å². The molecule has 24 heavy (non-hydrogen) atoms. The van der Waals surface area contributed by atoms with Crippen LogP contribution in [0.15, 0.2) is 12.4 Å². The fourth-order valence-electron chi connectivity index (χ4n) is 2.16. The van der Waals surface area contributed by atoms with Gasteiger partial charge in [-0.25, -0.2) is 19.6 Å². The number of carbonyl (C=O) groups is 2. The number of amides is 1. The number of nitrogens with zero attached hydrogens (tertiary/aromatic N) is 3. The lowest BCUT2D eigenvalue weighted by atomic mass is 10.2. The summed E-state index contributed by atoms with van der Waals surface area (Å²) < 4.78 is 10.8. The number of rotatable bonds is 4. The predicted molar refractivity (Wildman–Crippen MR) is 85.2 cm³/mol. The van der Waals surface area contributed by atoms with E-state index in [0.29, 0.717) is 32.1 Å². The Morgan fingerprint density at radius 1 is 1.42 bits per heavy atom. The van der Waals surface area contributed by atoms with Crippen LogP contribution in [0.25, 0.3) is 0 Å². The van der Waals surface area contributed by atoms with Crippen molar-refractivity contribution in [2.24, 2.45) is 0 Å². The molecular weight excluding hydrogens is 316 g/mol. The molecule has 1 aromatic rings. The zero-order valence-electron chi connectivity index (χ0n) is 14.0. The maximum Gasteiger partial charge on any atom is 0.407 e. The van der Waals surface area contributed by atoms with E-state index in [2.05, 4.69) is 15.3 Å². The highest BCUT2D eigenvalue weighted by molar-refractivity contribution is 5.84. The Balaban J connectivity index is 1.87. The fraction of sp³-hybridized carbons (Fsp3) is 0.600. The molecule has 0 aromatic carbocycles. The molecule has 0 spiro atoms. The minimum Gasteiger partial charge on any atom is -0.476 e. The molecule has 2 heterocycles. The van der Waals surface area contributed by atoms with Gasteiger partial charge in [0.15, 0.2) is 5.69 Å². The minimum absolute atomic E-state index is 0.102. The van der Waals surface area contributed by atoms with Crippen molar-refractivity contribution >= 4 is 17.9 Å². The summed E-state index contributed by atoms with van der Waals surface area (Å²) in [4.78, 5) is 32.4. The Bertz CT molecular complexity index is 585.